The molecule has 194 valence electrons. The number of nitriles is 1. The average molecular weight is 570 g/mol. The lowest BCUT2D eigenvalue weighted by Crippen LogP contribution is -2.47. The third kappa shape index (κ3) is 5.51. The Morgan fingerprint density at radius 2 is 1.84 bits per heavy atom. The number of alkyl halides is 2. The second-order valence-corrected chi connectivity index (χ2v) is 10.3. The van der Waals surface area contributed by atoms with Crippen LogP contribution in [-0.2, 0) is 9.63 Å². The van der Waals surface area contributed by atoms with Crippen molar-refractivity contribution in [1.29, 1.82) is 5.26 Å². The molecule has 0 bridgehead atoms. The summed E-state index contributed by atoms with van der Waals surface area (Å²) in [6.45, 7) is 2.90. The van der Waals surface area contributed by atoms with Gasteiger partial charge in [-0.15, -0.1) is 0 Å². The van der Waals surface area contributed by atoms with Gasteiger partial charge in [-0.1, -0.05) is 58.2 Å². The van der Waals surface area contributed by atoms with Crippen LogP contribution >= 0.6 is 34.8 Å². The number of halogens is 3. The second kappa shape index (κ2) is 11.5. The molecule has 2 aliphatic rings. The van der Waals surface area contributed by atoms with Gasteiger partial charge in [0.15, 0.2) is 10.9 Å². The van der Waals surface area contributed by atoms with Gasteiger partial charge in [0.05, 0.1) is 16.3 Å². The van der Waals surface area contributed by atoms with Crippen molar-refractivity contribution in [3.05, 3.63) is 82.5 Å². The standard InChI is InChI=1S/C27H23Cl3N6O2/c28-20-7-2-8-22(35-10-12-36(13-11-35)26-18(16-31)5-3-9-32-26)24(20)21-15-23(38-34-21)17-4-1-6-19(14-17)33-27(37)25(29)30/h1-9,14,23,25H,10-13,15H2,(H,33,37). The zero-order chi connectivity index (χ0) is 26.6. The van der Waals surface area contributed by atoms with Crippen LogP contribution in [0.3, 0.4) is 0 Å². The molecule has 5 rings (SSSR count). The van der Waals surface area contributed by atoms with E-state index in [2.05, 4.69) is 31.3 Å². The predicted octanol–water partition coefficient (Wildman–Crippen LogP) is 5.54. The van der Waals surface area contributed by atoms with Crippen LogP contribution in [0.5, 0.6) is 0 Å². The van der Waals surface area contributed by atoms with Crippen LogP contribution < -0.4 is 15.1 Å². The molecule has 3 heterocycles. The van der Waals surface area contributed by atoms with E-state index < -0.39 is 10.7 Å². The lowest BCUT2D eigenvalue weighted by Gasteiger charge is -2.37. The quantitative estimate of drug-likeness (QED) is 0.392. The molecule has 1 N–H and O–H groups in total. The van der Waals surface area contributed by atoms with Crippen molar-refractivity contribution >= 4 is 63.6 Å². The van der Waals surface area contributed by atoms with Gasteiger partial charge in [-0.2, -0.15) is 5.26 Å². The molecule has 2 aromatic carbocycles. The SMILES string of the molecule is N#Cc1cccnc1N1CCN(c2cccc(Cl)c2C2=NOC(c3cccc(NC(=O)C(Cl)Cl)c3)C2)CC1. The van der Waals surface area contributed by atoms with Crippen LogP contribution in [0.4, 0.5) is 17.2 Å². The van der Waals surface area contributed by atoms with E-state index in [1.807, 2.05) is 36.4 Å². The lowest BCUT2D eigenvalue weighted by atomic mass is 9.98. The van der Waals surface area contributed by atoms with Gasteiger partial charge in [0.25, 0.3) is 5.91 Å². The molecule has 1 saturated heterocycles. The molecule has 1 atom stereocenters. The van der Waals surface area contributed by atoms with E-state index in [-0.39, 0.29) is 6.10 Å². The lowest BCUT2D eigenvalue weighted by molar-refractivity contribution is -0.114. The minimum absolute atomic E-state index is 0.334. The molecule has 0 saturated carbocycles. The Morgan fingerprint density at radius 1 is 1.08 bits per heavy atom. The number of piperazine rings is 1. The highest BCUT2D eigenvalue weighted by molar-refractivity contribution is 6.54. The van der Waals surface area contributed by atoms with Gasteiger partial charge < -0.3 is 20.0 Å². The van der Waals surface area contributed by atoms with Crippen molar-refractivity contribution < 1.29 is 9.63 Å². The number of rotatable bonds is 6. The van der Waals surface area contributed by atoms with Crippen molar-refractivity contribution in [2.24, 2.45) is 5.16 Å². The molecule has 11 heteroatoms. The first kappa shape index (κ1) is 26.1. The van der Waals surface area contributed by atoms with Crippen molar-refractivity contribution in [3.8, 4) is 6.07 Å². The Kier molecular flexibility index (Phi) is 7.89. The largest absolute Gasteiger partial charge is 0.387 e. The number of carbonyl (C=O) groups is 1. The smallest absolute Gasteiger partial charge is 0.257 e. The van der Waals surface area contributed by atoms with Gasteiger partial charge in [-0.3, -0.25) is 4.79 Å². The van der Waals surface area contributed by atoms with E-state index >= 15 is 0 Å². The number of hydrogen-bond donors (Lipinski definition) is 1. The molecule has 8 nitrogen and oxygen atoms in total. The van der Waals surface area contributed by atoms with E-state index in [1.165, 1.54) is 0 Å². The molecule has 0 spiro atoms. The number of oxime groups is 1. The first-order chi connectivity index (χ1) is 18.4. The van der Waals surface area contributed by atoms with E-state index in [0.29, 0.717) is 41.6 Å². The molecule has 0 radical (unpaired) electrons. The number of carbonyl (C=O) groups excluding carboxylic acids is 1. The van der Waals surface area contributed by atoms with Crippen LogP contribution in [0.2, 0.25) is 5.02 Å². The summed E-state index contributed by atoms with van der Waals surface area (Å²) in [7, 11) is 0. The first-order valence-electron chi connectivity index (χ1n) is 12.0. The highest BCUT2D eigenvalue weighted by Gasteiger charge is 2.30. The maximum absolute atomic E-state index is 11.9. The summed E-state index contributed by atoms with van der Waals surface area (Å²) in [5.41, 5.74) is 4.58. The van der Waals surface area contributed by atoms with Crippen molar-refractivity contribution in [2.75, 3.05) is 41.3 Å². The van der Waals surface area contributed by atoms with E-state index in [9.17, 15) is 10.1 Å². The summed E-state index contributed by atoms with van der Waals surface area (Å²) in [6.07, 6.45) is 1.89. The predicted molar refractivity (Wildman–Crippen MR) is 150 cm³/mol. The number of aromatic nitrogens is 1. The van der Waals surface area contributed by atoms with Crippen LogP contribution in [-0.4, -0.2) is 47.6 Å². The normalized spacial score (nSPS) is 17.1. The zero-order valence-electron chi connectivity index (χ0n) is 20.2. The maximum atomic E-state index is 11.9. The highest BCUT2D eigenvalue weighted by Crippen LogP contribution is 2.37. The summed E-state index contributed by atoms with van der Waals surface area (Å²) < 4.78 is 0. The Morgan fingerprint density at radius 3 is 2.61 bits per heavy atom. The molecular formula is C27H23Cl3N6O2. The van der Waals surface area contributed by atoms with Crippen LogP contribution in [0, 0.1) is 11.3 Å². The fourth-order valence-electron chi connectivity index (χ4n) is 4.67. The third-order valence-electron chi connectivity index (χ3n) is 6.50. The van der Waals surface area contributed by atoms with Gasteiger partial charge >= 0.3 is 0 Å². The molecule has 2 aliphatic heterocycles. The van der Waals surface area contributed by atoms with E-state index in [1.54, 1.807) is 24.4 Å². The van der Waals surface area contributed by atoms with Crippen molar-refractivity contribution in [2.45, 2.75) is 17.4 Å². The Hall–Kier alpha value is -3.51. The fraction of sp³-hybridized carbons (Fsp3) is 0.259. The van der Waals surface area contributed by atoms with Gasteiger partial charge in [0.1, 0.15) is 11.9 Å². The average Bonchev–Trinajstić information content (AvgIpc) is 3.43. The van der Waals surface area contributed by atoms with Crippen LogP contribution in [0.15, 0.2) is 65.9 Å². The van der Waals surface area contributed by atoms with Gasteiger partial charge in [-0.05, 0) is 42.0 Å². The number of nitrogens with zero attached hydrogens (tertiary/aromatic N) is 5. The zero-order valence-corrected chi connectivity index (χ0v) is 22.4. The van der Waals surface area contributed by atoms with E-state index in [0.717, 1.165) is 35.6 Å². The Labute approximate surface area is 235 Å². The minimum atomic E-state index is -1.16. The summed E-state index contributed by atoms with van der Waals surface area (Å²) in [5, 5.41) is 17.1. The Balaban J connectivity index is 1.31. The molecule has 1 unspecified atom stereocenters. The van der Waals surface area contributed by atoms with Crippen molar-refractivity contribution in [3.63, 3.8) is 0 Å². The number of nitrogens with one attached hydrogen (secondary N) is 1. The third-order valence-corrected chi connectivity index (χ3v) is 7.21. The molecule has 1 amide bonds. The highest BCUT2D eigenvalue weighted by atomic mass is 35.5. The molecule has 1 fully saturated rings. The number of pyridine rings is 1. The second-order valence-electron chi connectivity index (χ2n) is 8.85. The summed E-state index contributed by atoms with van der Waals surface area (Å²) in [6, 6.07) is 18.9. The maximum Gasteiger partial charge on any atom is 0.257 e. The number of benzene rings is 2. The van der Waals surface area contributed by atoms with Gasteiger partial charge in [-0.25, -0.2) is 4.98 Å². The summed E-state index contributed by atoms with van der Waals surface area (Å²) >= 11 is 18.0. The minimum Gasteiger partial charge on any atom is -0.387 e. The molecular weight excluding hydrogens is 547 g/mol. The monoisotopic (exact) mass is 568 g/mol. The van der Waals surface area contributed by atoms with Crippen LogP contribution in [0.1, 0.15) is 29.2 Å². The fourth-order valence-corrected chi connectivity index (χ4v) is 5.06. The number of amides is 1. The van der Waals surface area contributed by atoms with Crippen LogP contribution in [0.25, 0.3) is 0 Å². The topological polar surface area (TPSA) is 93.8 Å². The summed E-state index contributed by atoms with van der Waals surface area (Å²) in [5.74, 6) is 0.214. The van der Waals surface area contributed by atoms with E-state index in [4.69, 9.17) is 39.6 Å². The molecule has 3 aromatic rings. The van der Waals surface area contributed by atoms with Gasteiger partial charge in [0, 0.05) is 55.7 Å². The number of hydrogen-bond acceptors (Lipinski definition) is 7. The summed E-state index contributed by atoms with van der Waals surface area (Å²) in [4.78, 5) is 25.4. The Bertz CT molecular complexity index is 1420. The van der Waals surface area contributed by atoms with Gasteiger partial charge in [0.2, 0.25) is 0 Å². The molecule has 38 heavy (non-hydrogen) atoms. The molecule has 0 aliphatic carbocycles. The first-order valence-corrected chi connectivity index (χ1v) is 13.2. The van der Waals surface area contributed by atoms with Crippen molar-refractivity contribution in [1.82, 2.24) is 4.98 Å². The molecule has 1 aromatic heterocycles. The number of anilines is 3.